The molecule has 0 saturated heterocycles. The Balaban J connectivity index is 2.49. The molecule has 1 heterocycles. The summed E-state index contributed by atoms with van der Waals surface area (Å²) in [6, 6.07) is 4.72. The van der Waals surface area contributed by atoms with E-state index in [1.165, 1.54) is 10.7 Å². The van der Waals surface area contributed by atoms with Crippen molar-refractivity contribution in [3.63, 3.8) is 0 Å². The average molecular weight is 276 g/mol. The molecule has 0 aliphatic heterocycles. The highest BCUT2D eigenvalue weighted by molar-refractivity contribution is 5.50. The molecule has 0 fully saturated rings. The van der Waals surface area contributed by atoms with Gasteiger partial charge in [-0.25, -0.2) is 4.68 Å². The van der Waals surface area contributed by atoms with Gasteiger partial charge in [0, 0.05) is 19.7 Å². The quantitative estimate of drug-likeness (QED) is 0.682. The van der Waals surface area contributed by atoms with Crippen LogP contribution in [0.2, 0.25) is 0 Å². The summed E-state index contributed by atoms with van der Waals surface area (Å²) in [5.74, 6) is 0.617. The Morgan fingerprint density at radius 2 is 2.15 bits per heavy atom. The topological polar surface area (TPSA) is 96.2 Å². The molecule has 0 bridgehead atoms. The molecule has 7 nitrogen and oxygen atoms in total. The van der Waals surface area contributed by atoms with Gasteiger partial charge in [0.1, 0.15) is 0 Å². The van der Waals surface area contributed by atoms with Crippen LogP contribution >= 0.6 is 0 Å². The lowest BCUT2D eigenvalue weighted by Crippen LogP contribution is -2.02. The van der Waals surface area contributed by atoms with Crippen molar-refractivity contribution >= 4 is 5.69 Å². The summed E-state index contributed by atoms with van der Waals surface area (Å²) in [6.45, 7) is 3.92. The molecule has 1 aromatic heterocycles. The van der Waals surface area contributed by atoms with E-state index in [9.17, 15) is 10.1 Å². The number of aryl methyl sites for hydroxylation is 3. The van der Waals surface area contributed by atoms with E-state index in [1.807, 2.05) is 13.8 Å². The minimum absolute atomic E-state index is 0.0857. The Hall–Kier alpha value is -2.41. The van der Waals surface area contributed by atoms with Gasteiger partial charge >= 0.3 is 5.69 Å². The van der Waals surface area contributed by atoms with Crippen molar-refractivity contribution in [2.45, 2.75) is 20.4 Å². The summed E-state index contributed by atoms with van der Waals surface area (Å²) in [7, 11) is 1.71. The summed E-state index contributed by atoms with van der Waals surface area (Å²) < 4.78 is 7.24. The zero-order chi connectivity index (χ0) is 14.9. The monoisotopic (exact) mass is 276 g/mol. The van der Waals surface area contributed by atoms with Crippen molar-refractivity contribution in [3.8, 4) is 11.6 Å². The van der Waals surface area contributed by atoms with Gasteiger partial charge in [0.15, 0.2) is 0 Å². The molecule has 2 aromatic rings. The molecule has 7 heteroatoms. The summed E-state index contributed by atoms with van der Waals surface area (Å²) >= 11 is 0. The Bertz CT molecular complexity index is 664. The van der Waals surface area contributed by atoms with Gasteiger partial charge in [-0.3, -0.25) is 10.1 Å². The lowest BCUT2D eigenvalue weighted by molar-refractivity contribution is -0.385. The molecular weight excluding hydrogens is 260 g/mol. The number of hydrogen-bond acceptors (Lipinski definition) is 5. The number of nitrogens with zero attached hydrogens (tertiary/aromatic N) is 3. The second kappa shape index (κ2) is 5.30. The molecule has 0 amide bonds. The van der Waals surface area contributed by atoms with Crippen LogP contribution in [0.4, 0.5) is 5.69 Å². The summed E-state index contributed by atoms with van der Waals surface area (Å²) in [5.41, 5.74) is 7.96. The van der Waals surface area contributed by atoms with Gasteiger partial charge in [-0.05, 0) is 25.5 Å². The molecule has 0 atom stereocenters. The minimum atomic E-state index is -0.472. The fraction of sp³-hybridized carbons (Fsp3) is 0.308. The maximum absolute atomic E-state index is 11.0. The molecule has 0 aliphatic carbocycles. The van der Waals surface area contributed by atoms with Crippen LogP contribution in [-0.4, -0.2) is 14.7 Å². The number of nitrogens with two attached hydrogens (primary N) is 1. The molecule has 0 saturated carbocycles. The number of hydrogen-bond donors (Lipinski definition) is 1. The van der Waals surface area contributed by atoms with Crippen molar-refractivity contribution < 1.29 is 9.66 Å². The van der Waals surface area contributed by atoms with Gasteiger partial charge in [0.05, 0.1) is 16.2 Å². The summed E-state index contributed by atoms with van der Waals surface area (Å²) in [4.78, 5) is 10.6. The normalized spacial score (nSPS) is 10.6. The van der Waals surface area contributed by atoms with Crippen LogP contribution in [0.15, 0.2) is 18.2 Å². The first-order valence-electron chi connectivity index (χ1n) is 6.09. The van der Waals surface area contributed by atoms with E-state index in [0.717, 1.165) is 16.8 Å². The highest BCUT2D eigenvalue weighted by Crippen LogP contribution is 2.34. The standard InChI is InChI=1S/C13H16N4O3/c1-8-4-5-11(17(18)19)12(6-8)20-13-10(7-14)9(2)15-16(13)3/h4-6H,7,14H2,1-3H3. The molecule has 0 spiro atoms. The first-order valence-corrected chi connectivity index (χ1v) is 6.09. The van der Waals surface area contributed by atoms with Crippen molar-refractivity contribution in [3.05, 3.63) is 45.1 Å². The number of nitro groups is 1. The Morgan fingerprint density at radius 1 is 1.45 bits per heavy atom. The fourth-order valence-corrected chi connectivity index (χ4v) is 2.00. The third-order valence-corrected chi connectivity index (χ3v) is 3.01. The van der Waals surface area contributed by atoms with Gasteiger partial charge in [0.2, 0.25) is 11.6 Å². The lowest BCUT2D eigenvalue weighted by atomic mass is 10.2. The Labute approximate surface area is 116 Å². The predicted octanol–water partition coefficient (Wildman–Crippen LogP) is 2.20. The van der Waals surface area contributed by atoms with Crippen LogP contribution in [0, 0.1) is 24.0 Å². The third kappa shape index (κ3) is 2.48. The zero-order valence-electron chi connectivity index (χ0n) is 11.6. The van der Waals surface area contributed by atoms with Gasteiger partial charge < -0.3 is 10.5 Å². The fourth-order valence-electron chi connectivity index (χ4n) is 2.00. The molecule has 106 valence electrons. The summed E-state index contributed by atoms with van der Waals surface area (Å²) in [5, 5.41) is 15.3. The second-order valence-electron chi connectivity index (χ2n) is 4.53. The second-order valence-corrected chi connectivity index (χ2v) is 4.53. The molecule has 0 aliphatic rings. The highest BCUT2D eigenvalue weighted by atomic mass is 16.6. The van der Waals surface area contributed by atoms with Crippen molar-refractivity contribution in [1.82, 2.24) is 9.78 Å². The van der Waals surface area contributed by atoms with Crippen LogP contribution in [-0.2, 0) is 13.6 Å². The van der Waals surface area contributed by atoms with E-state index >= 15 is 0 Å². The highest BCUT2D eigenvalue weighted by Gasteiger charge is 2.20. The first kappa shape index (κ1) is 14.0. The van der Waals surface area contributed by atoms with E-state index in [2.05, 4.69) is 5.10 Å². The number of ether oxygens (including phenoxy) is 1. The number of aromatic nitrogens is 2. The molecule has 2 rings (SSSR count). The van der Waals surface area contributed by atoms with Crippen molar-refractivity contribution in [2.75, 3.05) is 0 Å². The Morgan fingerprint density at radius 3 is 2.75 bits per heavy atom. The van der Waals surface area contributed by atoms with E-state index < -0.39 is 4.92 Å². The average Bonchev–Trinajstić information content (AvgIpc) is 2.63. The zero-order valence-corrected chi connectivity index (χ0v) is 11.6. The lowest BCUT2D eigenvalue weighted by Gasteiger charge is -2.09. The van der Waals surface area contributed by atoms with Gasteiger partial charge in [-0.1, -0.05) is 6.07 Å². The number of nitro benzene ring substituents is 1. The van der Waals surface area contributed by atoms with Crippen LogP contribution in [0.1, 0.15) is 16.8 Å². The van der Waals surface area contributed by atoms with Crippen LogP contribution < -0.4 is 10.5 Å². The molecule has 0 unspecified atom stereocenters. The van der Waals surface area contributed by atoms with Crippen LogP contribution in [0.25, 0.3) is 0 Å². The maximum atomic E-state index is 11.0. The molecule has 2 N–H and O–H groups in total. The molecule has 1 aromatic carbocycles. The first-order chi connectivity index (χ1) is 9.43. The van der Waals surface area contributed by atoms with Gasteiger partial charge in [-0.15, -0.1) is 0 Å². The van der Waals surface area contributed by atoms with Crippen molar-refractivity contribution in [1.29, 1.82) is 0 Å². The van der Waals surface area contributed by atoms with Crippen LogP contribution in [0.3, 0.4) is 0 Å². The van der Waals surface area contributed by atoms with E-state index in [0.29, 0.717) is 5.88 Å². The number of benzene rings is 1. The predicted molar refractivity (Wildman–Crippen MR) is 73.7 cm³/mol. The SMILES string of the molecule is Cc1ccc([N+](=O)[O-])c(Oc2c(CN)c(C)nn2C)c1. The molecule has 0 radical (unpaired) electrons. The van der Waals surface area contributed by atoms with Crippen molar-refractivity contribution in [2.24, 2.45) is 12.8 Å². The van der Waals surface area contributed by atoms with Gasteiger partial charge in [0.25, 0.3) is 0 Å². The minimum Gasteiger partial charge on any atom is -0.432 e. The smallest absolute Gasteiger partial charge is 0.311 e. The number of rotatable bonds is 4. The van der Waals surface area contributed by atoms with E-state index in [1.54, 1.807) is 19.2 Å². The maximum Gasteiger partial charge on any atom is 0.311 e. The molecule has 20 heavy (non-hydrogen) atoms. The van der Waals surface area contributed by atoms with E-state index in [4.69, 9.17) is 10.5 Å². The summed E-state index contributed by atoms with van der Waals surface area (Å²) in [6.07, 6.45) is 0. The third-order valence-electron chi connectivity index (χ3n) is 3.01. The molecular formula is C13H16N4O3. The largest absolute Gasteiger partial charge is 0.432 e. The van der Waals surface area contributed by atoms with Gasteiger partial charge in [-0.2, -0.15) is 5.10 Å². The van der Waals surface area contributed by atoms with E-state index in [-0.39, 0.29) is 18.0 Å². The Kier molecular flexibility index (Phi) is 3.71. The van der Waals surface area contributed by atoms with Crippen LogP contribution in [0.5, 0.6) is 11.6 Å².